The Bertz CT molecular complexity index is 1530. The predicted molar refractivity (Wildman–Crippen MR) is 121 cm³/mol. The number of ether oxygens (including phenoxy) is 1. The van der Waals surface area contributed by atoms with E-state index in [1.165, 1.54) is 10.6 Å². The van der Waals surface area contributed by atoms with Crippen LogP contribution in [-0.2, 0) is 33.9 Å². The van der Waals surface area contributed by atoms with Crippen LogP contribution in [0.25, 0.3) is 22.3 Å². The summed E-state index contributed by atoms with van der Waals surface area (Å²) in [6.45, 7) is 0.993. The first-order chi connectivity index (χ1) is 16.8. The Hall–Kier alpha value is -3.63. The van der Waals surface area contributed by atoms with Crippen molar-refractivity contribution in [3.05, 3.63) is 61.7 Å². The number of pyridine rings is 2. The summed E-state index contributed by atoms with van der Waals surface area (Å²) in [6.07, 6.45) is 0.278. The third-order valence-electron chi connectivity index (χ3n) is 7.36. The first-order valence-corrected chi connectivity index (χ1v) is 11.5. The lowest BCUT2D eigenvalue weighted by atomic mass is 9.91. The minimum absolute atomic E-state index is 0.167. The second-order valence-corrected chi connectivity index (χ2v) is 9.24. The average Bonchev–Trinajstić information content (AvgIpc) is 3.09. The number of cyclic esters (lactones) is 1. The number of esters is 1. The molecule has 3 aromatic rings. The van der Waals surface area contributed by atoms with Crippen LogP contribution in [0.5, 0.6) is 0 Å². The summed E-state index contributed by atoms with van der Waals surface area (Å²) in [6, 6.07) is 2.47. The Morgan fingerprint density at radius 2 is 2.09 bits per heavy atom. The minimum Gasteiger partial charge on any atom is -0.458 e. The first-order valence-electron chi connectivity index (χ1n) is 11.5. The number of carbonyl (C=O) groups excluding carboxylic acids is 2. The van der Waals surface area contributed by atoms with Crippen molar-refractivity contribution in [1.82, 2.24) is 14.9 Å². The van der Waals surface area contributed by atoms with Gasteiger partial charge in [-0.15, -0.1) is 0 Å². The number of rotatable bonds is 2. The van der Waals surface area contributed by atoms with Crippen LogP contribution in [0.1, 0.15) is 58.4 Å². The highest BCUT2D eigenvalue weighted by atomic mass is 19.1. The molecule has 2 aliphatic heterocycles. The maximum atomic E-state index is 14.9. The van der Waals surface area contributed by atoms with Gasteiger partial charge in [0.15, 0.2) is 6.10 Å². The third kappa shape index (κ3) is 3.06. The van der Waals surface area contributed by atoms with Crippen molar-refractivity contribution in [2.75, 3.05) is 6.61 Å². The Labute approximate surface area is 198 Å². The lowest BCUT2D eigenvalue weighted by Gasteiger charge is -2.22. The number of carbonyl (C=O) groups is 2. The molecule has 6 rings (SSSR count). The fraction of sp³-hybridized carbons (Fsp3) is 0.360. The molecule has 2 aromatic heterocycles. The summed E-state index contributed by atoms with van der Waals surface area (Å²) >= 11 is 0. The van der Waals surface area contributed by atoms with Crippen molar-refractivity contribution < 1.29 is 28.9 Å². The summed E-state index contributed by atoms with van der Waals surface area (Å²) in [5.74, 6) is -1.74. The van der Waals surface area contributed by atoms with E-state index in [4.69, 9.17) is 9.72 Å². The highest BCUT2D eigenvalue weighted by Gasteiger charge is 2.37. The number of fused-ring (bicyclic) bond motifs is 5. The van der Waals surface area contributed by atoms with Gasteiger partial charge < -0.3 is 24.8 Å². The van der Waals surface area contributed by atoms with Gasteiger partial charge in [-0.1, -0.05) is 0 Å². The fourth-order valence-corrected chi connectivity index (χ4v) is 5.68. The molecule has 35 heavy (non-hydrogen) atoms. The molecule has 9 nitrogen and oxygen atoms in total. The van der Waals surface area contributed by atoms with Crippen LogP contribution in [0.2, 0.25) is 0 Å². The molecule has 10 heteroatoms. The zero-order valence-corrected chi connectivity index (χ0v) is 18.9. The van der Waals surface area contributed by atoms with Crippen molar-refractivity contribution in [2.45, 2.75) is 51.5 Å². The molecule has 0 fully saturated rings. The zero-order valence-electron chi connectivity index (χ0n) is 18.9. The maximum absolute atomic E-state index is 14.9. The van der Waals surface area contributed by atoms with Gasteiger partial charge in [-0.2, -0.15) is 0 Å². The van der Waals surface area contributed by atoms with E-state index < -0.39 is 36.2 Å². The van der Waals surface area contributed by atoms with Crippen LogP contribution in [0, 0.1) is 12.7 Å². The number of aryl methyl sites for hydroxylation is 1. The smallest absolute Gasteiger partial charge is 0.340 e. The highest BCUT2D eigenvalue weighted by molar-refractivity contribution is 5.93. The largest absolute Gasteiger partial charge is 0.458 e. The summed E-state index contributed by atoms with van der Waals surface area (Å²) in [7, 11) is 0. The number of aromatic nitrogens is 2. The lowest BCUT2D eigenvalue weighted by molar-refractivity contribution is -0.157. The van der Waals surface area contributed by atoms with Crippen LogP contribution in [0.4, 0.5) is 4.39 Å². The van der Waals surface area contributed by atoms with Gasteiger partial charge in [0.25, 0.3) is 5.56 Å². The SMILES string of the molecule is Cc1c(F)cc2nc3c(c4c2c1CCCC4NC(=O)CO)Cn1c-3cc2c(c1=O)COC(=O)C2O. The van der Waals surface area contributed by atoms with E-state index in [0.29, 0.717) is 41.7 Å². The van der Waals surface area contributed by atoms with E-state index in [-0.39, 0.29) is 30.1 Å². The van der Waals surface area contributed by atoms with Crippen LogP contribution in [-0.4, -0.2) is 38.2 Å². The lowest BCUT2D eigenvalue weighted by Crippen LogP contribution is -2.33. The molecule has 4 heterocycles. The van der Waals surface area contributed by atoms with Crippen molar-refractivity contribution >= 4 is 22.8 Å². The summed E-state index contributed by atoms with van der Waals surface area (Å²) < 4.78 is 21.4. The van der Waals surface area contributed by atoms with Crippen molar-refractivity contribution in [3.63, 3.8) is 0 Å². The molecule has 3 N–H and O–H groups in total. The number of hydrogen-bond acceptors (Lipinski definition) is 7. The molecule has 1 amide bonds. The number of nitrogens with one attached hydrogen (secondary N) is 1. The third-order valence-corrected chi connectivity index (χ3v) is 7.36. The second kappa shape index (κ2) is 7.69. The Morgan fingerprint density at radius 1 is 1.29 bits per heavy atom. The van der Waals surface area contributed by atoms with E-state index in [1.807, 2.05) is 0 Å². The number of aliphatic hydroxyl groups excluding tert-OH is 2. The Kier molecular flexibility index (Phi) is 4.81. The average molecular weight is 479 g/mol. The molecule has 0 saturated heterocycles. The number of aliphatic hydroxyl groups is 2. The standard InChI is InChI=1S/C25H22FN3O6/c1-10-11-3-2-4-16(27-19(31)8-30)21-13-7-29-18(22(13)28-17(20(11)21)6-15(10)26)5-12-14(24(29)33)9-35-25(34)23(12)32/h5-6,16,23,30,32H,2-4,7-9H2,1H3,(H,27,31). The molecule has 2 atom stereocenters. The normalized spacial score (nSPS) is 20.1. The van der Waals surface area contributed by atoms with E-state index >= 15 is 0 Å². The summed E-state index contributed by atoms with van der Waals surface area (Å²) in [5.41, 5.74) is 4.07. The van der Waals surface area contributed by atoms with Crippen LogP contribution in [0.3, 0.4) is 0 Å². The molecule has 1 aliphatic carbocycles. The van der Waals surface area contributed by atoms with Gasteiger partial charge in [-0.05, 0) is 48.9 Å². The number of benzene rings is 1. The fourth-order valence-electron chi connectivity index (χ4n) is 5.68. The van der Waals surface area contributed by atoms with E-state index in [2.05, 4.69) is 5.32 Å². The molecule has 0 radical (unpaired) electrons. The summed E-state index contributed by atoms with van der Waals surface area (Å²) in [4.78, 5) is 42.2. The minimum atomic E-state index is -1.58. The van der Waals surface area contributed by atoms with Gasteiger partial charge in [0, 0.05) is 22.6 Å². The van der Waals surface area contributed by atoms with Crippen molar-refractivity contribution in [2.24, 2.45) is 0 Å². The quantitative estimate of drug-likeness (QED) is 0.371. The van der Waals surface area contributed by atoms with Crippen LogP contribution < -0.4 is 10.9 Å². The molecule has 0 spiro atoms. The molecule has 0 saturated carbocycles. The maximum Gasteiger partial charge on any atom is 0.340 e. The number of nitrogens with zero attached hydrogens (tertiary/aromatic N) is 2. The molecular formula is C25H22FN3O6. The van der Waals surface area contributed by atoms with Gasteiger partial charge in [-0.3, -0.25) is 9.59 Å². The topological polar surface area (TPSA) is 131 Å². The van der Waals surface area contributed by atoms with Crippen molar-refractivity contribution in [1.29, 1.82) is 0 Å². The molecule has 180 valence electrons. The summed E-state index contributed by atoms with van der Waals surface area (Å²) in [5, 5.41) is 23.4. The van der Waals surface area contributed by atoms with Crippen LogP contribution >= 0.6 is 0 Å². The predicted octanol–water partition coefficient (Wildman–Crippen LogP) is 1.45. The van der Waals surface area contributed by atoms with Crippen LogP contribution in [0.15, 0.2) is 16.9 Å². The Balaban J connectivity index is 1.67. The van der Waals surface area contributed by atoms with Gasteiger partial charge in [0.2, 0.25) is 5.91 Å². The van der Waals surface area contributed by atoms with Crippen molar-refractivity contribution in [3.8, 4) is 11.4 Å². The van der Waals surface area contributed by atoms with E-state index in [0.717, 1.165) is 22.1 Å². The zero-order chi connectivity index (χ0) is 24.6. The van der Waals surface area contributed by atoms with E-state index in [9.17, 15) is 29.0 Å². The molecule has 0 bridgehead atoms. The number of halogens is 1. The van der Waals surface area contributed by atoms with Gasteiger partial charge in [-0.25, -0.2) is 14.2 Å². The van der Waals surface area contributed by atoms with Gasteiger partial charge >= 0.3 is 5.97 Å². The highest BCUT2D eigenvalue weighted by Crippen LogP contribution is 2.44. The van der Waals surface area contributed by atoms with Gasteiger partial charge in [0.1, 0.15) is 19.0 Å². The number of hydrogen-bond donors (Lipinski definition) is 3. The monoisotopic (exact) mass is 479 g/mol. The number of amides is 1. The molecule has 2 unspecified atom stereocenters. The Morgan fingerprint density at radius 3 is 2.86 bits per heavy atom. The second-order valence-electron chi connectivity index (χ2n) is 9.24. The van der Waals surface area contributed by atoms with E-state index in [1.54, 1.807) is 13.0 Å². The first kappa shape index (κ1) is 21.9. The van der Waals surface area contributed by atoms with Gasteiger partial charge in [0.05, 0.1) is 35.1 Å². The molecule has 1 aromatic carbocycles. The molecular weight excluding hydrogens is 457 g/mol. The molecule has 3 aliphatic rings.